The lowest BCUT2D eigenvalue weighted by Gasteiger charge is -2.25. The fraction of sp³-hybridized carbons (Fsp3) is 0.556. The number of carboxylic acid groups (broad SMARTS) is 2. The third kappa shape index (κ3) is 2.87. The predicted octanol–water partition coefficient (Wildman–Crippen LogP) is 0.912. The number of likely N-dealkylation sites (N-methyl/N-ethyl adjacent to an activating group) is 1. The molecule has 2 aliphatic rings. The van der Waals surface area contributed by atoms with Crippen LogP contribution >= 0.6 is 0 Å². The van der Waals surface area contributed by atoms with Crippen LogP contribution in [0.1, 0.15) is 30.4 Å². The van der Waals surface area contributed by atoms with Crippen LogP contribution in [0.4, 0.5) is 0 Å². The highest BCUT2D eigenvalue weighted by Gasteiger charge is 2.63. The molecule has 0 radical (unpaired) electrons. The third-order valence-corrected chi connectivity index (χ3v) is 5.69. The number of ether oxygens (including phenoxy) is 1. The molecular formula is C18H23NO6. The van der Waals surface area contributed by atoms with E-state index in [1.807, 2.05) is 19.2 Å². The Hall–Kier alpha value is -2.12. The number of aliphatic hydroxyl groups excluding tert-OH is 1. The lowest BCUT2D eigenvalue weighted by molar-refractivity contribution is -0.163. The highest BCUT2D eigenvalue weighted by atomic mass is 16.5. The van der Waals surface area contributed by atoms with Crippen LogP contribution in [0.2, 0.25) is 0 Å². The number of hydrogen-bond donors (Lipinski definition) is 4. The van der Waals surface area contributed by atoms with E-state index in [9.17, 15) is 19.8 Å². The Labute approximate surface area is 145 Å². The summed E-state index contributed by atoms with van der Waals surface area (Å²) in [6.45, 7) is 1.76. The minimum absolute atomic E-state index is 0.0463. The summed E-state index contributed by atoms with van der Waals surface area (Å²) in [5.74, 6) is -2.24. The first kappa shape index (κ1) is 17.7. The molecule has 7 nitrogen and oxygen atoms in total. The molecule has 5 atom stereocenters. The molecule has 0 bridgehead atoms. The van der Waals surface area contributed by atoms with Crippen molar-refractivity contribution in [3.8, 4) is 5.75 Å². The van der Waals surface area contributed by atoms with Gasteiger partial charge in [-0.25, -0.2) is 9.59 Å². The largest absolute Gasteiger partial charge is 0.479 e. The highest BCUT2D eigenvalue weighted by Crippen LogP contribution is 2.64. The Balaban J connectivity index is 1.90. The summed E-state index contributed by atoms with van der Waals surface area (Å²) in [6.07, 6.45) is -0.654. The van der Waals surface area contributed by atoms with E-state index in [2.05, 4.69) is 5.32 Å². The average Bonchev–Trinajstić information content (AvgIpc) is 3.19. The van der Waals surface area contributed by atoms with E-state index in [1.165, 1.54) is 0 Å². The van der Waals surface area contributed by atoms with Gasteiger partial charge in [-0.1, -0.05) is 12.1 Å². The van der Waals surface area contributed by atoms with Gasteiger partial charge < -0.3 is 25.4 Å². The van der Waals surface area contributed by atoms with Crippen molar-refractivity contribution in [1.82, 2.24) is 5.32 Å². The van der Waals surface area contributed by atoms with Gasteiger partial charge in [-0.15, -0.1) is 0 Å². The third-order valence-electron chi connectivity index (χ3n) is 5.69. The smallest absolute Gasteiger partial charge is 0.348 e. The molecule has 5 unspecified atom stereocenters. The van der Waals surface area contributed by atoms with Crippen molar-refractivity contribution < 1.29 is 29.6 Å². The van der Waals surface area contributed by atoms with Gasteiger partial charge in [-0.05, 0) is 56.3 Å². The minimum Gasteiger partial charge on any atom is -0.479 e. The molecule has 4 N–H and O–H groups in total. The summed E-state index contributed by atoms with van der Waals surface area (Å²) in [5.41, 5.74) is 1.81. The van der Waals surface area contributed by atoms with Gasteiger partial charge in [0.1, 0.15) is 5.75 Å². The number of carboxylic acids is 2. The lowest BCUT2D eigenvalue weighted by atomic mass is 9.88. The lowest BCUT2D eigenvalue weighted by Crippen LogP contribution is -2.44. The van der Waals surface area contributed by atoms with Gasteiger partial charge >= 0.3 is 11.9 Å². The summed E-state index contributed by atoms with van der Waals surface area (Å²) >= 11 is 0. The zero-order valence-electron chi connectivity index (χ0n) is 14.2. The van der Waals surface area contributed by atoms with Gasteiger partial charge in [0.2, 0.25) is 6.10 Å². The molecule has 2 aliphatic carbocycles. The Morgan fingerprint density at radius 2 is 2.00 bits per heavy atom. The fourth-order valence-electron chi connectivity index (χ4n) is 4.25. The number of aryl methyl sites for hydroxylation is 1. The molecule has 0 spiro atoms. The van der Waals surface area contributed by atoms with E-state index < -0.39 is 24.1 Å². The fourth-order valence-corrected chi connectivity index (χ4v) is 4.25. The first-order valence-corrected chi connectivity index (χ1v) is 8.40. The normalized spacial score (nSPS) is 29.6. The van der Waals surface area contributed by atoms with E-state index in [0.717, 1.165) is 24.8 Å². The van der Waals surface area contributed by atoms with E-state index in [4.69, 9.17) is 9.84 Å². The van der Waals surface area contributed by atoms with Crippen LogP contribution in [-0.2, 0) is 15.0 Å². The van der Waals surface area contributed by atoms with Gasteiger partial charge in [-0.2, -0.15) is 0 Å². The summed E-state index contributed by atoms with van der Waals surface area (Å²) in [7, 11) is 1.95. The number of fused-ring (bicyclic) bond motifs is 1. The van der Waals surface area contributed by atoms with Gasteiger partial charge in [0.15, 0.2) is 6.10 Å². The van der Waals surface area contributed by atoms with Crippen LogP contribution in [0.25, 0.3) is 0 Å². The molecular weight excluding hydrogens is 326 g/mol. The Kier molecular flexibility index (Phi) is 4.47. The molecule has 0 saturated heterocycles. The Morgan fingerprint density at radius 3 is 2.56 bits per heavy atom. The molecule has 25 heavy (non-hydrogen) atoms. The zero-order chi connectivity index (χ0) is 18.4. The van der Waals surface area contributed by atoms with Crippen molar-refractivity contribution in [3.63, 3.8) is 0 Å². The molecule has 1 aromatic carbocycles. The highest BCUT2D eigenvalue weighted by molar-refractivity contribution is 5.83. The van der Waals surface area contributed by atoms with Crippen LogP contribution in [-0.4, -0.2) is 52.6 Å². The van der Waals surface area contributed by atoms with Gasteiger partial charge in [0.05, 0.1) is 0 Å². The Bertz CT molecular complexity index is 705. The number of carbonyl (C=O) groups is 2. The Morgan fingerprint density at radius 1 is 1.28 bits per heavy atom. The molecule has 0 amide bonds. The van der Waals surface area contributed by atoms with Crippen molar-refractivity contribution in [1.29, 1.82) is 0 Å². The predicted molar refractivity (Wildman–Crippen MR) is 88.7 cm³/mol. The molecule has 2 saturated carbocycles. The minimum atomic E-state index is -2.14. The molecule has 7 heteroatoms. The van der Waals surface area contributed by atoms with E-state index in [1.54, 1.807) is 13.0 Å². The summed E-state index contributed by atoms with van der Waals surface area (Å²) in [6, 6.07) is 6.05. The number of nitrogens with one attached hydrogen (secondary N) is 1. The topological polar surface area (TPSA) is 116 Å². The molecule has 1 aromatic rings. The van der Waals surface area contributed by atoms with Crippen LogP contribution in [0.5, 0.6) is 5.75 Å². The molecule has 2 fully saturated rings. The van der Waals surface area contributed by atoms with E-state index in [-0.39, 0.29) is 5.41 Å². The van der Waals surface area contributed by atoms with Crippen molar-refractivity contribution in [2.45, 2.75) is 49.9 Å². The number of benzene rings is 1. The second-order valence-electron chi connectivity index (χ2n) is 7.00. The number of aliphatic hydroxyl groups is 1. The molecule has 3 rings (SSSR count). The van der Waals surface area contributed by atoms with Gasteiger partial charge in [0, 0.05) is 11.5 Å². The SMILES string of the molecule is CNC1CCC2CC21c1ccc(C)c(OC(C(=O)O)C(O)C(=O)O)c1. The standard InChI is InChI=1S/C18H23NO6/c1-9-3-4-10(18-8-11(18)5-6-13(18)19-2)7-12(9)25-15(17(23)24)14(20)16(21)22/h3-4,7,11,13-15,19-20H,5-6,8H2,1-2H3,(H,21,22)(H,23,24). The maximum absolute atomic E-state index is 11.3. The molecule has 0 aliphatic heterocycles. The van der Waals surface area contributed by atoms with Crippen LogP contribution < -0.4 is 10.1 Å². The maximum atomic E-state index is 11.3. The number of aliphatic carboxylic acids is 2. The maximum Gasteiger partial charge on any atom is 0.348 e. The first-order chi connectivity index (χ1) is 11.8. The van der Waals surface area contributed by atoms with Crippen molar-refractivity contribution in [2.24, 2.45) is 5.92 Å². The van der Waals surface area contributed by atoms with Crippen LogP contribution in [0, 0.1) is 12.8 Å². The molecule has 0 heterocycles. The van der Waals surface area contributed by atoms with Gasteiger partial charge in [-0.3, -0.25) is 0 Å². The molecule has 0 aromatic heterocycles. The van der Waals surface area contributed by atoms with E-state index >= 15 is 0 Å². The summed E-state index contributed by atoms with van der Waals surface area (Å²) < 4.78 is 5.41. The van der Waals surface area contributed by atoms with E-state index in [0.29, 0.717) is 23.3 Å². The van der Waals surface area contributed by atoms with Gasteiger partial charge in [0.25, 0.3) is 0 Å². The van der Waals surface area contributed by atoms with Crippen LogP contribution in [0.3, 0.4) is 0 Å². The average molecular weight is 349 g/mol. The number of rotatable bonds is 7. The van der Waals surface area contributed by atoms with Crippen molar-refractivity contribution in [3.05, 3.63) is 29.3 Å². The summed E-state index contributed by atoms with van der Waals surface area (Å²) in [5, 5.41) is 31.1. The second kappa shape index (κ2) is 6.31. The second-order valence-corrected chi connectivity index (χ2v) is 7.00. The van der Waals surface area contributed by atoms with Crippen molar-refractivity contribution in [2.75, 3.05) is 7.05 Å². The quantitative estimate of drug-likeness (QED) is 0.578. The molecule has 136 valence electrons. The first-order valence-electron chi connectivity index (χ1n) is 8.40. The van der Waals surface area contributed by atoms with Crippen LogP contribution in [0.15, 0.2) is 18.2 Å². The number of hydrogen-bond acceptors (Lipinski definition) is 5. The summed E-state index contributed by atoms with van der Waals surface area (Å²) in [4.78, 5) is 22.2. The van der Waals surface area contributed by atoms with Crippen molar-refractivity contribution >= 4 is 11.9 Å². The zero-order valence-corrected chi connectivity index (χ0v) is 14.2. The monoisotopic (exact) mass is 349 g/mol.